The number of thiazole rings is 1. The van der Waals surface area contributed by atoms with Gasteiger partial charge in [-0.1, -0.05) is 13.8 Å². The molecule has 1 aromatic carbocycles. The summed E-state index contributed by atoms with van der Waals surface area (Å²) in [5.41, 5.74) is 2.41. The van der Waals surface area contributed by atoms with Crippen molar-refractivity contribution in [3.63, 3.8) is 0 Å². The molecule has 132 valence electrons. The van der Waals surface area contributed by atoms with E-state index in [1.807, 2.05) is 44.4 Å². The number of rotatable bonds is 5. The number of ether oxygens (including phenoxy) is 1. The van der Waals surface area contributed by atoms with Gasteiger partial charge in [0.15, 0.2) is 11.7 Å². The van der Waals surface area contributed by atoms with Gasteiger partial charge in [0.1, 0.15) is 5.75 Å². The maximum Gasteiger partial charge on any atom is 0.265 e. The second-order valence-corrected chi connectivity index (χ2v) is 7.15. The Hall–Kier alpha value is -2.41. The van der Waals surface area contributed by atoms with E-state index in [0.29, 0.717) is 29.8 Å². The highest BCUT2D eigenvalue weighted by Crippen LogP contribution is 2.36. The van der Waals surface area contributed by atoms with Gasteiger partial charge in [-0.05, 0) is 31.0 Å². The lowest BCUT2D eigenvalue weighted by atomic mass is 10.1. The molecule has 0 saturated heterocycles. The van der Waals surface area contributed by atoms with Gasteiger partial charge in [-0.2, -0.15) is 0 Å². The van der Waals surface area contributed by atoms with Crippen LogP contribution in [0.15, 0.2) is 23.6 Å². The van der Waals surface area contributed by atoms with Gasteiger partial charge < -0.3 is 15.0 Å². The largest absolute Gasteiger partial charge is 0.482 e. The molecule has 0 bridgehead atoms. The summed E-state index contributed by atoms with van der Waals surface area (Å²) in [5.74, 6) is 0.924. The Balaban J connectivity index is 1.82. The lowest BCUT2D eigenvalue weighted by Gasteiger charge is -2.28. The van der Waals surface area contributed by atoms with Crippen LogP contribution in [0.5, 0.6) is 5.75 Å². The zero-order valence-electron chi connectivity index (χ0n) is 14.5. The second-order valence-electron chi connectivity index (χ2n) is 6.29. The number of benzene rings is 1. The van der Waals surface area contributed by atoms with Crippen LogP contribution in [0, 0.1) is 5.92 Å². The van der Waals surface area contributed by atoms with Crippen LogP contribution < -0.4 is 15.0 Å². The topological polar surface area (TPSA) is 71.5 Å². The molecule has 1 aliphatic rings. The maximum absolute atomic E-state index is 12.0. The predicted molar refractivity (Wildman–Crippen MR) is 99.2 cm³/mol. The molecular formula is C18H21N3O3S. The van der Waals surface area contributed by atoms with Crippen LogP contribution in [-0.4, -0.2) is 29.9 Å². The first kappa shape index (κ1) is 17.4. The van der Waals surface area contributed by atoms with Gasteiger partial charge in [-0.25, -0.2) is 4.98 Å². The lowest BCUT2D eigenvalue weighted by molar-refractivity contribution is -0.121. The van der Waals surface area contributed by atoms with Crippen molar-refractivity contribution in [1.29, 1.82) is 0 Å². The molecule has 6 nitrogen and oxygen atoms in total. The molecule has 1 N–H and O–H groups in total. The molecule has 7 heteroatoms. The third-order valence-corrected chi connectivity index (χ3v) is 4.62. The van der Waals surface area contributed by atoms with Crippen LogP contribution in [0.2, 0.25) is 0 Å². The van der Waals surface area contributed by atoms with E-state index in [1.54, 1.807) is 4.90 Å². The van der Waals surface area contributed by atoms with Crippen LogP contribution in [-0.2, 0) is 9.59 Å². The van der Waals surface area contributed by atoms with E-state index < -0.39 is 0 Å². The number of hydrogen-bond donors (Lipinski definition) is 1. The molecule has 0 spiro atoms. The van der Waals surface area contributed by atoms with Crippen molar-refractivity contribution in [2.24, 2.45) is 5.92 Å². The standard InChI is InChI=1S/C18H21N3O3S/c1-4-21-14-8-12(5-6-15(14)24-9-17(21)23)13-10-25-18(19-13)20-16(22)7-11(2)3/h5-6,8,10-11H,4,7,9H2,1-3H3,(H,19,20,22). The number of nitrogens with one attached hydrogen (secondary N) is 1. The Morgan fingerprint density at radius 3 is 2.96 bits per heavy atom. The summed E-state index contributed by atoms with van der Waals surface area (Å²) in [5, 5.41) is 5.31. The quantitative estimate of drug-likeness (QED) is 0.886. The second kappa shape index (κ2) is 7.23. The minimum absolute atomic E-state index is 0.0301. The summed E-state index contributed by atoms with van der Waals surface area (Å²) in [6.45, 7) is 6.60. The van der Waals surface area contributed by atoms with Gasteiger partial charge in [0, 0.05) is 23.9 Å². The van der Waals surface area contributed by atoms with Crippen molar-refractivity contribution >= 4 is 34.0 Å². The Kier molecular flexibility index (Phi) is 5.03. The highest BCUT2D eigenvalue weighted by molar-refractivity contribution is 7.14. The van der Waals surface area contributed by atoms with Gasteiger partial charge in [0.25, 0.3) is 5.91 Å². The Morgan fingerprint density at radius 2 is 2.24 bits per heavy atom. The van der Waals surface area contributed by atoms with Gasteiger partial charge in [0.05, 0.1) is 11.4 Å². The summed E-state index contributed by atoms with van der Waals surface area (Å²) >= 11 is 1.39. The van der Waals surface area contributed by atoms with Crippen molar-refractivity contribution in [3.8, 4) is 17.0 Å². The summed E-state index contributed by atoms with van der Waals surface area (Å²) < 4.78 is 5.49. The van der Waals surface area contributed by atoms with Crippen molar-refractivity contribution < 1.29 is 14.3 Å². The predicted octanol–water partition coefficient (Wildman–Crippen LogP) is 3.54. The number of anilines is 2. The summed E-state index contributed by atoms with van der Waals surface area (Å²) in [7, 11) is 0. The van der Waals surface area contributed by atoms with E-state index in [4.69, 9.17) is 4.74 Å². The fourth-order valence-electron chi connectivity index (χ4n) is 2.71. The maximum atomic E-state index is 12.0. The first-order chi connectivity index (χ1) is 12.0. The number of carbonyl (C=O) groups is 2. The van der Waals surface area contributed by atoms with Crippen molar-refractivity contribution in [2.75, 3.05) is 23.4 Å². The van der Waals surface area contributed by atoms with E-state index in [1.165, 1.54) is 11.3 Å². The molecule has 0 aliphatic carbocycles. The van der Waals surface area contributed by atoms with Gasteiger partial charge in [-0.15, -0.1) is 11.3 Å². The van der Waals surface area contributed by atoms with E-state index in [2.05, 4.69) is 10.3 Å². The fraction of sp³-hybridized carbons (Fsp3) is 0.389. The van der Waals surface area contributed by atoms with Crippen LogP contribution >= 0.6 is 11.3 Å². The van der Waals surface area contributed by atoms with Crippen LogP contribution in [0.4, 0.5) is 10.8 Å². The van der Waals surface area contributed by atoms with Crippen molar-refractivity contribution in [3.05, 3.63) is 23.6 Å². The van der Waals surface area contributed by atoms with Crippen LogP contribution in [0.3, 0.4) is 0 Å². The molecular weight excluding hydrogens is 338 g/mol. The highest BCUT2D eigenvalue weighted by atomic mass is 32.1. The first-order valence-corrected chi connectivity index (χ1v) is 9.19. The van der Waals surface area contributed by atoms with E-state index in [0.717, 1.165) is 16.9 Å². The van der Waals surface area contributed by atoms with Crippen molar-refractivity contribution in [1.82, 2.24) is 4.98 Å². The number of amides is 2. The highest BCUT2D eigenvalue weighted by Gasteiger charge is 2.24. The van der Waals surface area contributed by atoms with Crippen LogP contribution in [0.25, 0.3) is 11.3 Å². The molecule has 0 atom stereocenters. The molecule has 1 aliphatic heterocycles. The molecule has 0 unspecified atom stereocenters. The zero-order valence-corrected chi connectivity index (χ0v) is 15.4. The minimum Gasteiger partial charge on any atom is -0.482 e. The fourth-order valence-corrected chi connectivity index (χ4v) is 3.45. The molecule has 1 aromatic heterocycles. The monoisotopic (exact) mass is 359 g/mol. The molecule has 25 heavy (non-hydrogen) atoms. The number of hydrogen-bond acceptors (Lipinski definition) is 5. The van der Waals surface area contributed by atoms with Gasteiger partial charge in [-0.3, -0.25) is 9.59 Å². The molecule has 0 radical (unpaired) electrons. The molecule has 0 fully saturated rings. The number of aromatic nitrogens is 1. The number of carbonyl (C=O) groups excluding carboxylic acids is 2. The average molecular weight is 359 g/mol. The summed E-state index contributed by atoms with van der Waals surface area (Å²) in [6.07, 6.45) is 0.471. The molecule has 2 aromatic rings. The number of fused-ring (bicyclic) bond motifs is 1. The van der Waals surface area contributed by atoms with Crippen molar-refractivity contribution in [2.45, 2.75) is 27.2 Å². The van der Waals surface area contributed by atoms with Gasteiger partial charge >= 0.3 is 0 Å². The first-order valence-electron chi connectivity index (χ1n) is 8.31. The molecule has 2 amide bonds. The van der Waals surface area contributed by atoms with E-state index in [9.17, 15) is 9.59 Å². The zero-order chi connectivity index (χ0) is 18.0. The van der Waals surface area contributed by atoms with E-state index >= 15 is 0 Å². The molecule has 0 saturated carbocycles. The smallest absolute Gasteiger partial charge is 0.265 e. The third-order valence-electron chi connectivity index (χ3n) is 3.86. The Labute approximate surface area is 150 Å². The summed E-state index contributed by atoms with van der Waals surface area (Å²) in [4.78, 5) is 30.1. The molecule has 2 heterocycles. The van der Waals surface area contributed by atoms with E-state index in [-0.39, 0.29) is 18.4 Å². The summed E-state index contributed by atoms with van der Waals surface area (Å²) in [6, 6.07) is 5.68. The number of likely N-dealkylation sites (N-methyl/N-ethyl adjacent to an activating group) is 1. The Morgan fingerprint density at radius 1 is 1.44 bits per heavy atom. The lowest BCUT2D eigenvalue weighted by Crippen LogP contribution is -2.38. The third kappa shape index (κ3) is 3.82. The Bertz CT molecular complexity index is 801. The average Bonchev–Trinajstić information content (AvgIpc) is 3.01. The normalized spacial score (nSPS) is 13.6. The van der Waals surface area contributed by atoms with Gasteiger partial charge in [0.2, 0.25) is 5.91 Å². The SMILES string of the molecule is CCN1C(=O)COc2ccc(-c3csc(NC(=O)CC(C)C)n3)cc21. The number of nitrogens with zero attached hydrogens (tertiary/aromatic N) is 2. The van der Waals surface area contributed by atoms with Crippen LogP contribution in [0.1, 0.15) is 27.2 Å². The molecule has 3 rings (SSSR count). The minimum atomic E-state index is -0.0490.